The number of hydrogen-bond donors (Lipinski definition) is 3. The predicted molar refractivity (Wildman–Crippen MR) is 143 cm³/mol. The van der Waals surface area contributed by atoms with Crippen molar-refractivity contribution in [3.05, 3.63) is 70.1 Å². The first kappa shape index (κ1) is 30.8. The zero-order valence-corrected chi connectivity index (χ0v) is 23.3. The van der Waals surface area contributed by atoms with Crippen LogP contribution in [0.25, 0.3) is 11.3 Å². The number of nitrogens with one attached hydrogen (secondary N) is 1. The van der Waals surface area contributed by atoms with Gasteiger partial charge in [0.1, 0.15) is 17.3 Å². The predicted octanol–water partition coefficient (Wildman–Crippen LogP) is 4.26. The standard InChI is InChI=1S/C28H26ClF4N3O6/c1-26(2)13-42-24-16(26)10-21(36-23(24)14-4-6-18(30)17(29)8-14)27(39,28(31,32)33)12-35-25(38)15-5-7-19(20(9-15)40-3)41-11-22(34)37/h4-10,39H,11-13H2,1-3H3,(H2,34,37)(H,35,38). The van der Waals surface area contributed by atoms with E-state index in [0.717, 1.165) is 12.1 Å². The minimum absolute atomic E-state index is 0.0140. The van der Waals surface area contributed by atoms with Crippen LogP contribution in [0, 0.1) is 5.82 Å². The Kier molecular flexibility index (Phi) is 8.29. The largest absolute Gasteiger partial charge is 0.493 e. The zero-order valence-electron chi connectivity index (χ0n) is 22.6. The van der Waals surface area contributed by atoms with Gasteiger partial charge in [-0.25, -0.2) is 9.37 Å². The van der Waals surface area contributed by atoms with E-state index in [1.165, 1.54) is 37.4 Å². The van der Waals surface area contributed by atoms with Gasteiger partial charge < -0.3 is 30.4 Å². The number of aliphatic hydroxyl groups is 1. The second-order valence-corrected chi connectivity index (χ2v) is 10.6. The third-order valence-electron chi connectivity index (χ3n) is 6.67. The molecule has 1 aromatic heterocycles. The van der Waals surface area contributed by atoms with E-state index < -0.39 is 53.7 Å². The molecule has 1 unspecified atom stereocenters. The van der Waals surface area contributed by atoms with Crippen molar-refractivity contribution in [1.29, 1.82) is 0 Å². The summed E-state index contributed by atoms with van der Waals surface area (Å²) in [4.78, 5) is 28.0. The fourth-order valence-electron chi connectivity index (χ4n) is 4.29. The van der Waals surface area contributed by atoms with Gasteiger partial charge in [-0.3, -0.25) is 9.59 Å². The summed E-state index contributed by atoms with van der Waals surface area (Å²) in [6.07, 6.45) is -5.30. The fourth-order valence-corrected chi connectivity index (χ4v) is 4.47. The number of nitrogens with zero attached hydrogens (tertiary/aromatic N) is 1. The van der Waals surface area contributed by atoms with Crippen molar-refractivity contribution in [2.75, 3.05) is 26.9 Å². The van der Waals surface area contributed by atoms with E-state index in [1.54, 1.807) is 13.8 Å². The number of nitrogens with two attached hydrogens (primary N) is 1. The molecular formula is C28H26ClF4N3O6. The number of fused-ring (bicyclic) bond motifs is 1. The lowest BCUT2D eigenvalue weighted by Gasteiger charge is -2.31. The Hall–Kier alpha value is -4.10. The fraction of sp³-hybridized carbons (Fsp3) is 0.321. The summed E-state index contributed by atoms with van der Waals surface area (Å²) in [7, 11) is 1.26. The highest BCUT2D eigenvalue weighted by atomic mass is 35.5. The van der Waals surface area contributed by atoms with Crippen LogP contribution in [0.3, 0.4) is 0 Å². The molecule has 42 heavy (non-hydrogen) atoms. The van der Waals surface area contributed by atoms with Crippen molar-refractivity contribution in [3.8, 4) is 28.5 Å². The second-order valence-electron chi connectivity index (χ2n) is 10.2. The molecule has 0 fully saturated rings. The van der Waals surface area contributed by atoms with Crippen LogP contribution in [-0.2, 0) is 15.8 Å². The topological polar surface area (TPSA) is 133 Å². The van der Waals surface area contributed by atoms with Gasteiger partial charge in [0.25, 0.3) is 11.8 Å². The molecule has 0 spiro atoms. The van der Waals surface area contributed by atoms with Crippen LogP contribution in [-0.4, -0.2) is 54.9 Å². The molecule has 0 radical (unpaired) electrons. The number of carbonyl (C=O) groups excluding carboxylic acids is 2. The van der Waals surface area contributed by atoms with Crippen molar-refractivity contribution in [2.24, 2.45) is 5.73 Å². The number of benzene rings is 2. The monoisotopic (exact) mass is 611 g/mol. The van der Waals surface area contributed by atoms with Gasteiger partial charge in [0, 0.05) is 22.1 Å². The Balaban J connectivity index is 1.72. The van der Waals surface area contributed by atoms with E-state index in [4.69, 9.17) is 31.5 Å². The van der Waals surface area contributed by atoms with E-state index in [-0.39, 0.29) is 45.7 Å². The summed E-state index contributed by atoms with van der Waals surface area (Å²) >= 11 is 5.92. The van der Waals surface area contributed by atoms with Crippen molar-refractivity contribution in [2.45, 2.75) is 31.0 Å². The molecule has 14 heteroatoms. The summed E-state index contributed by atoms with van der Waals surface area (Å²) in [5, 5.41) is 13.0. The minimum Gasteiger partial charge on any atom is -0.493 e. The van der Waals surface area contributed by atoms with E-state index in [9.17, 15) is 32.3 Å². The Labute approximate surface area is 242 Å². The molecule has 3 aromatic rings. The van der Waals surface area contributed by atoms with Gasteiger partial charge in [0.15, 0.2) is 18.1 Å². The molecule has 1 aliphatic heterocycles. The van der Waals surface area contributed by atoms with Crippen LogP contribution in [0.5, 0.6) is 17.2 Å². The van der Waals surface area contributed by atoms with Crippen LogP contribution >= 0.6 is 11.6 Å². The third kappa shape index (κ3) is 5.93. The lowest BCUT2D eigenvalue weighted by molar-refractivity contribution is -0.265. The van der Waals surface area contributed by atoms with Crippen LogP contribution in [0.4, 0.5) is 17.6 Å². The molecule has 2 aromatic carbocycles. The summed E-state index contributed by atoms with van der Waals surface area (Å²) in [6, 6.07) is 8.28. The molecule has 0 aliphatic carbocycles. The van der Waals surface area contributed by atoms with E-state index in [1.807, 2.05) is 0 Å². The molecule has 1 aliphatic rings. The molecule has 4 rings (SSSR count). The number of primary amides is 1. The van der Waals surface area contributed by atoms with Gasteiger partial charge in [-0.05, 0) is 42.5 Å². The first-order chi connectivity index (χ1) is 19.6. The van der Waals surface area contributed by atoms with Crippen molar-refractivity contribution in [1.82, 2.24) is 10.3 Å². The van der Waals surface area contributed by atoms with E-state index in [0.29, 0.717) is 5.56 Å². The van der Waals surface area contributed by atoms with E-state index in [2.05, 4.69) is 10.3 Å². The van der Waals surface area contributed by atoms with Gasteiger partial charge in [-0.1, -0.05) is 25.4 Å². The summed E-state index contributed by atoms with van der Waals surface area (Å²) in [5.74, 6) is -2.22. The SMILES string of the molecule is COc1cc(C(=O)NCC(O)(c2cc3c(c(-c4ccc(F)c(Cl)c4)n2)OCC3(C)C)C(F)(F)F)ccc1OCC(N)=O. The van der Waals surface area contributed by atoms with Crippen molar-refractivity contribution in [3.63, 3.8) is 0 Å². The molecule has 4 N–H and O–H groups in total. The summed E-state index contributed by atoms with van der Waals surface area (Å²) in [5.41, 5.74) is 0.112. The van der Waals surface area contributed by atoms with Gasteiger partial charge in [0.2, 0.25) is 5.60 Å². The Morgan fingerprint density at radius 3 is 2.50 bits per heavy atom. The van der Waals surface area contributed by atoms with Crippen molar-refractivity contribution >= 4 is 23.4 Å². The average Bonchev–Trinajstić information content (AvgIpc) is 3.24. The molecule has 224 valence electrons. The summed E-state index contributed by atoms with van der Waals surface area (Å²) in [6.45, 7) is 1.80. The first-order valence-electron chi connectivity index (χ1n) is 12.4. The van der Waals surface area contributed by atoms with Gasteiger partial charge >= 0.3 is 6.18 Å². The number of alkyl halides is 3. The first-order valence-corrected chi connectivity index (χ1v) is 12.8. The highest BCUT2D eigenvalue weighted by Crippen LogP contribution is 2.47. The molecule has 9 nitrogen and oxygen atoms in total. The molecule has 2 heterocycles. The minimum atomic E-state index is -5.30. The number of aromatic nitrogens is 1. The molecule has 2 amide bonds. The number of rotatable bonds is 9. The zero-order chi connectivity index (χ0) is 31.0. The Morgan fingerprint density at radius 1 is 1.17 bits per heavy atom. The van der Waals surface area contributed by atoms with Crippen LogP contribution < -0.4 is 25.3 Å². The molecule has 0 bridgehead atoms. The number of hydrogen-bond acceptors (Lipinski definition) is 7. The normalized spacial score (nSPS) is 15.3. The average molecular weight is 612 g/mol. The number of carbonyl (C=O) groups is 2. The van der Waals surface area contributed by atoms with Gasteiger partial charge in [-0.2, -0.15) is 13.2 Å². The van der Waals surface area contributed by atoms with Crippen LogP contribution in [0.2, 0.25) is 5.02 Å². The maximum Gasteiger partial charge on any atom is 0.424 e. The summed E-state index contributed by atoms with van der Waals surface area (Å²) < 4.78 is 73.6. The maximum atomic E-state index is 14.5. The Bertz CT molecular complexity index is 1550. The number of methoxy groups -OCH3 is 1. The quantitative estimate of drug-likeness (QED) is 0.308. The lowest BCUT2D eigenvalue weighted by atomic mass is 9.84. The molecule has 0 saturated heterocycles. The maximum absolute atomic E-state index is 14.5. The third-order valence-corrected chi connectivity index (χ3v) is 6.96. The second kappa shape index (κ2) is 11.3. The smallest absolute Gasteiger partial charge is 0.424 e. The number of amides is 2. The van der Waals surface area contributed by atoms with Crippen LogP contribution in [0.1, 0.15) is 35.5 Å². The molecular weight excluding hydrogens is 586 g/mol. The van der Waals surface area contributed by atoms with Crippen molar-refractivity contribution < 1.29 is 46.5 Å². The van der Waals surface area contributed by atoms with Gasteiger partial charge in [-0.15, -0.1) is 0 Å². The highest BCUT2D eigenvalue weighted by Gasteiger charge is 2.57. The van der Waals surface area contributed by atoms with Crippen LogP contribution in [0.15, 0.2) is 42.5 Å². The lowest BCUT2D eigenvalue weighted by Crippen LogP contribution is -2.51. The Morgan fingerprint density at radius 2 is 1.88 bits per heavy atom. The highest BCUT2D eigenvalue weighted by molar-refractivity contribution is 6.31. The number of halogens is 5. The number of ether oxygens (including phenoxy) is 3. The molecule has 0 saturated carbocycles. The van der Waals surface area contributed by atoms with E-state index >= 15 is 0 Å². The molecule has 1 atom stereocenters. The number of pyridine rings is 1. The van der Waals surface area contributed by atoms with Gasteiger partial charge in [0.05, 0.1) is 31.0 Å².